The van der Waals surface area contributed by atoms with Gasteiger partial charge in [-0.05, 0) is 48.0 Å². The summed E-state index contributed by atoms with van der Waals surface area (Å²) in [6, 6.07) is 13.5. The highest BCUT2D eigenvalue weighted by Crippen LogP contribution is 2.33. The van der Waals surface area contributed by atoms with E-state index in [1.807, 2.05) is 13.8 Å². The number of aliphatic imine (C=N–C) groups is 1. The molecule has 7 nitrogen and oxygen atoms in total. The van der Waals surface area contributed by atoms with Gasteiger partial charge in [0.25, 0.3) is 5.56 Å². The fraction of sp³-hybridized carbons (Fsp3) is 0.280. The van der Waals surface area contributed by atoms with Crippen LogP contribution in [0.15, 0.2) is 64.4 Å². The highest BCUT2D eigenvalue weighted by atomic mass is 19.4. The van der Waals surface area contributed by atoms with Crippen molar-refractivity contribution < 1.29 is 31.4 Å². The van der Waals surface area contributed by atoms with Gasteiger partial charge in [0.1, 0.15) is 29.2 Å². The van der Waals surface area contributed by atoms with Crippen LogP contribution in [0.3, 0.4) is 0 Å². The molecule has 4 rings (SSSR count). The molecule has 1 aliphatic rings. The minimum absolute atomic E-state index is 0.118. The Morgan fingerprint density at radius 1 is 1.05 bits per heavy atom. The number of methoxy groups -OCH3 is 1. The standard InChI is InChI=1S/C23H19F5N4O3.C2H6/c1-34-15-6-2-13(3-7-15)17-10-18-20(31-19(11-29-18)30-12-23(26,27)28)32(21(17)33)14-4-8-16(9-5-14)35-22(24)25;1-2/h2-11,19,22,30-31H,12H2,1H3;1-2H3. The lowest BCUT2D eigenvalue weighted by Gasteiger charge is -2.26. The summed E-state index contributed by atoms with van der Waals surface area (Å²) in [6.45, 7) is -0.300. The van der Waals surface area contributed by atoms with Gasteiger partial charge >= 0.3 is 12.8 Å². The van der Waals surface area contributed by atoms with Crippen LogP contribution < -0.4 is 25.7 Å². The Kier molecular flexibility index (Phi) is 8.87. The number of hydrogen-bond acceptors (Lipinski definition) is 6. The lowest BCUT2D eigenvalue weighted by Crippen LogP contribution is -2.45. The molecule has 1 atom stereocenters. The highest BCUT2D eigenvalue weighted by Gasteiger charge is 2.29. The number of aromatic nitrogens is 1. The molecule has 1 aromatic heterocycles. The van der Waals surface area contributed by atoms with Crippen molar-refractivity contribution in [2.45, 2.75) is 32.8 Å². The van der Waals surface area contributed by atoms with E-state index in [1.54, 1.807) is 24.3 Å². The van der Waals surface area contributed by atoms with Gasteiger partial charge in [0, 0.05) is 11.8 Å². The van der Waals surface area contributed by atoms with Gasteiger partial charge in [0.15, 0.2) is 0 Å². The molecule has 198 valence electrons. The summed E-state index contributed by atoms with van der Waals surface area (Å²) in [7, 11) is 1.51. The monoisotopic (exact) mass is 524 g/mol. The highest BCUT2D eigenvalue weighted by molar-refractivity contribution is 5.84. The first-order valence-corrected chi connectivity index (χ1v) is 11.3. The lowest BCUT2D eigenvalue weighted by molar-refractivity contribution is -0.125. The predicted octanol–water partition coefficient (Wildman–Crippen LogP) is 5.75. The average molecular weight is 524 g/mol. The number of rotatable bonds is 7. The second-order valence-electron chi connectivity index (χ2n) is 7.43. The van der Waals surface area contributed by atoms with E-state index in [0.29, 0.717) is 17.0 Å². The molecule has 12 heteroatoms. The van der Waals surface area contributed by atoms with E-state index in [2.05, 4.69) is 20.4 Å². The summed E-state index contributed by atoms with van der Waals surface area (Å²) in [4.78, 5) is 17.8. The van der Waals surface area contributed by atoms with Gasteiger partial charge < -0.3 is 14.8 Å². The minimum Gasteiger partial charge on any atom is -0.497 e. The van der Waals surface area contributed by atoms with Crippen molar-refractivity contribution in [3.05, 3.63) is 65.0 Å². The quantitative estimate of drug-likeness (QED) is 0.385. The molecule has 0 spiro atoms. The summed E-state index contributed by atoms with van der Waals surface area (Å²) >= 11 is 0. The molecule has 1 aliphatic heterocycles. The molecule has 0 saturated heterocycles. The maximum atomic E-state index is 13.6. The van der Waals surface area contributed by atoms with Gasteiger partial charge in [0.05, 0.1) is 19.3 Å². The van der Waals surface area contributed by atoms with Gasteiger partial charge in [-0.3, -0.25) is 19.7 Å². The van der Waals surface area contributed by atoms with Gasteiger partial charge in [-0.15, -0.1) is 0 Å². The summed E-state index contributed by atoms with van der Waals surface area (Å²) in [5, 5.41) is 5.12. The number of halogens is 5. The largest absolute Gasteiger partial charge is 0.497 e. The average Bonchev–Trinajstić information content (AvgIpc) is 2.88. The fourth-order valence-electron chi connectivity index (χ4n) is 3.51. The molecule has 0 aliphatic carbocycles. The number of anilines is 1. The molecule has 0 saturated carbocycles. The van der Waals surface area contributed by atoms with Crippen molar-refractivity contribution in [2.24, 2.45) is 4.99 Å². The molecular formula is C25H25F5N4O3. The van der Waals surface area contributed by atoms with Crippen molar-refractivity contribution in [2.75, 3.05) is 19.0 Å². The third kappa shape index (κ3) is 6.85. The Bertz CT molecular complexity index is 1270. The Morgan fingerprint density at radius 2 is 1.68 bits per heavy atom. The molecule has 0 fully saturated rings. The number of alkyl halides is 5. The molecule has 0 amide bonds. The third-order valence-electron chi connectivity index (χ3n) is 5.08. The summed E-state index contributed by atoms with van der Waals surface area (Å²) < 4.78 is 73.8. The van der Waals surface area contributed by atoms with E-state index in [1.165, 1.54) is 48.2 Å². The molecule has 2 N–H and O–H groups in total. The van der Waals surface area contributed by atoms with Gasteiger partial charge in [0.2, 0.25) is 0 Å². The number of nitrogens with zero attached hydrogens (tertiary/aromatic N) is 2. The van der Waals surface area contributed by atoms with E-state index in [4.69, 9.17) is 4.74 Å². The first kappa shape index (κ1) is 27.7. The maximum absolute atomic E-state index is 13.6. The van der Waals surface area contributed by atoms with Crippen LogP contribution in [-0.4, -0.2) is 43.4 Å². The smallest absolute Gasteiger partial charge is 0.401 e. The molecule has 37 heavy (non-hydrogen) atoms. The normalized spacial score (nSPS) is 14.4. The summed E-state index contributed by atoms with van der Waals surface area (Å²) in [5.41, 5.74) is 0.879. The number of fused-ring (bicyclic) bond motifs is 1. The molecule has 3 aromatic rings. The fourth-order valence-corrected chi connectivity index (χ4v) is 3.51. The van der Waals surface area contributed by atoms with Crippen LogP contribution in [0.25, 0.3) is 16.8 Å². The molecule has 2 aromatic carbocycles. The molecule has 0 radical (unpaired) electrons. The van der Waals surface area contributed by atoms with Gasteiger partial charge in [-0.1, -0.05) is 26.0 Å². The zero-order chi connectivity index (χ0) is 27.2. The number of ether oxygens (including phenoxy) is 2. The number of pyridine rings is 1. The van der Waals surface area contributed by atoms with E-state index >= 15 is 0 Å². The second-order valence-corrected chi connectivity index (χ2v) is 7.43. The van der Waals surface area contributed by atoms with E-state index in [9.17, 15) is 26.7 Å². The van der Waals surface area contributed by atoms with Crippen molar-refractivity contribution >= 4 is 17.7 Å². The van der Waals surface area contributed by atoms with Crippen LogP contribution >= 0.6 is 0 Å². The number of nitrogens with one attached hydrogen (secondary N) is 2. The van der Waals surface area contributed by atoms with Crippen molar-refractivity contribution in [1.82, 2.24) is 9.88 Å². The topological polar surface area (TPSA) is 76.9 Å². The Hall–Kier alpha value is -3.93. The van der Waals surface area contributed by atoms with Crippen molar-refractivity contribution in [3.63, 3.8) is 0 Å². The van der Waals surface area contributed by atoms with Crippen molar-refractivity contribution in [3.8, 4) is 28.3 Å². The first-order valence-electron chi connectivity index (χ1n) is 11.3. The van der Waals surface area contributed by atoms with Crippen LogP contribution in [0.1, 0.15) is 13.8 Å². The molecular weight excluding hydrogens is 499 g/mol. The summed E-state index contributed by atoms with van der Waals surface area (Å²) in [6.07, 6.45) is -4.20. The van der Waals surface area contributed by atoms with Crippen LogP contribution in [0.2, 0.25) is 0 Å². The van der Waals surface area contributed by atoms with Crippen molar-refractivity contribution in [1.29, 1.82) is 0 Å². The lowest BCUT2D eigenvalue weighted by atomic mass is 10.1. The maximum Gasteiger partial charge on any atom is 0.401 e. The SMILES string of the molecule is CC.COc1ccc(-c2cc3c(n(-c4ccc(OC(F)F)cc4)c2=O)NC(NCC(F)(F)F)C=N3)cc1. The van der Waals surface area contributed by atoms with Crippen LogP contribution in [0.5, 0.6) is 11.5 Å². The first-order chi connectivity index (χ1) is 17.6. The van der Waals surface area contributed by atoms with Crippen LogP contribution in [0.4, 0.5) is 33.5 Å². The third-order valence-corrected chi connectivity index (χ3v) is 5.08. The second kappa shape index (κ2) is 11.9. The predicted molar refractivity (Wildman–Crippen MR) is 132 cm³/mol. The van der Waals surface area contributed by atoms with Gasteiger partial charge in [-0.25, -0.2) is 0 Å². The summed E-state index contributed by atoms with van der Waals surface area (Å²) in [5.74, 6) is 0.601. The Morgan fingerprint density at radius 3 is 2.24 bits per heavy atom. The van der Waals surface area contributed by atoms with Crippen LogP contribution in [-0.2, 0) is 0 Å². The molecule has 1 unspecified atom stereocenters. The van der Waals surface area contributed by atoms with Crippen LogP contribution in [0, 0.1) is 0 Å². The zero-order valence-electron chi connectivity index (χ0n) is 20.1. The molecule has 0 bridgehead atoms. The Labute approximate surface area is 209 Å². The Balaban J connectivity index is 0.00000186. The number of benzene rings is 2. The van der Waals surface area contributed by atoms with E-state index in [-0.39, 0.29) is 22.8 Å². The zero-order valence-corrected chi connectivity index (χ0v) is 20.1. The van der Waals surface area contributed by atoms with E-state index < -0.39 is 31.1 Å². The van der Waals surface area contributed by atoms with E-state index in [0.717, 1.165) is 0 Å². The number of hydrogen-bond donors (Lipinski definition) is 2. The molecule has 2 heterocycles. The minimum atomic E-state index is -4.45. The van der Waals surface area contributed by atoms with Gasteiger partial charge in [-0.2, -0.15) is 22.0 Å².